The first-order valence-electron chi connectivity index (χ1n) is 10.5. The lowest BCUT2D eigenvalue weighted by atomic mass is 10.1. The highest BCUT2D eigenvalue weighted by molar-refractivity contribution is 9.10. The van der Waals surface area contributed by atoms with E-state index in [1.54, 1.807) is 29.5 Å². The molecule has 0 bridgehead atoms. The SMILES string of the molecule is CCc1ccc(Cc2csc(N3CCN(S(=O)(=O)c4cc(Br)ccc4OC)CC3)n2)cc1. The molecule has 1 aliphatic heterocycles. The quantitative estimate of drug-likeness (QED) is 0.443. The molecule has 0 amide bonds. The molecule has 1 aliphatic rings. The van der Waals surface area contributed by atoms with E-state index in [1.165, 1.54) is 22.5 Å². The van der Waals surface area contributed by atoms with Crippen LogP contribution in [0.4, 0.5) is 5.13 Å². The molecule has 0 spiro atoms. The van der Waals surface area contributed by atoms with Crippen LogP contribution in [0.15, 0.2) is 57.2 Å². The van der Waals surface area contributed by atoms with Gasteiger partial charge < -0.3 is 9.64 Å². The lowest BCUT2D eigenvalue weighted by Gasteiger charge is -2.34. The van der Waals surface area contributed by atoms with E-state index in [0.717, 1.165) is 23.7 Å². The van der Waals surface area contributed by atoms with Gasteiger partial charge in [0.25, 0.3) is 0 Å². The first-order chi connectivity index (χ1) is 15.4. The Hall–Kier alpha value is -1.94. The molecule has 2 heterocycles. The topological polar surface area (TPSA) is 62.7 Å². The summed E-state index contributed by atoms with van der Waals surface area (Å²) in [6.07, 6.45) is 1.84. The largest absolute Gasteiger partial charge is 0.495 e. The first-order valence-corrected chi connectivity index (χ1v) is 13.6. The zero-order valence-electron chi connectivity index (χ0n) is 18.1. The maximum atomic E-state index is 13.2. The van der Waals surface area contributed by atoms with E-state index in [-0.39, 0.29) is 4.90 Å². The Morgan fingerprint density at radius 2 is 1.75 bits per heavy atom. The second kappa shape index (κ2) is 9.91. The fourth-order valence-electron chi connectivity index (χ4n) is 3.74. The minimum atomic E-state index is -3.64. The van der Waals surface area contributed by atoms with E-state index in [2.05, 4.69) is 57.4 Å². The maximum absolute atomic E-state index is 13.2. The van der Waals surface area contributed by atoms with Crippen LogP contribution in [0.1, 0.15) is 23.7 Å². The highest BCUT2D eigenvalue weighted by Crippen LogP contribution is 2.31. The molecule has 3 aromatic rings. The van der Waals surface area contributed by atoms with Crippen LogP contribution in [0, 0.1) is 0 Å². The summed E-state index contributed by atoms with van der Waals surface area (Å²) in [6.45, 7) is 4.18. The number of rotatable bonds is 7. The van der Waals surface area contributed by atoms with Crippen molar-refractivity contribution in [2.24, 2.45) is 0 Å². The smallest absolute Gasteiger partial charge is 0.246 e. The third-order valence-electron chi connectivity index (χ3n) is 5.61. The Morgan fingerprint density at radius 1 is 1.06 bits per heavy atom. The minimum Gasteiger partial charge on any atom is -0.495 e. The molecule has 2 aromatic carbocycles. The van der Waals surface area contributed by atoms with Gasteiger partial charge in [0.15, 0.2) is 5.13 Å². The first kappa shape index (κ1) is 23.2. The van der Waals surface area contributed by atoms with E-state index < -0.39 is 10.0 Å². The third-order valence-corrected chi connectivity index (χ3v) is 8.97. The van der Waals surface area contributed by atoms with Crippen molar-refractivity contribution in [1.82, 2.24) is 9.29 Å². The molecule has 32 heavy (non-hydrogen) atoms. The lowest BCUT2D eigenvalue weighted by molar-refractivity contribution is 0.374. The van der Waals surface area contributed by atoms with Crippen LogP contribution >= 0.6 is 27.3 Å². The molecule has 0 N–H and O–H groups in total. The van der Waals surface area contributed by atoms with E-state index in [0.29, 0.717) is 36.4 Å². The van der Waals surface area contributed by atoms with Crippen molar-refractivity contribution >= 4 is 42.4 Å². The van der Waals surface area contributed by atoms with Gasteiger partial charge in [0, 0.05) is 42.5 Å². The van der Waals surface area contributed by atoms with Gasteiger partial charge in [-0.25, -0.2) is 13.4 Å². The number of aryl methyl sites for hydroxylation is 1. The van der Waals surface area contributed by atoms with Crippen LogP contribution in [0.25, 0.3) is 0 Å². The van der Waals surface area contributed by atoms with Crippen molar-refractivity contribution in [3.8, 4) is 5.75 Å². The zero-order valence-corrected chi connectivity index (χ0v) is 21.3. The second-order valence-corrected chi connectivity index (χ2v) is 11.3. The van der Waals surface area contributed by atoms with Crippen LogP contribution in [0.2, 0.25) is 0 Å². The van der Waals surface area contributed by atoms with Crippen molar-refractivity contribution in [2.45, 2.75) is 24.7 Å². The number of methoxy groups -OCH3 is 1. The number of nitrogens with zero attached hydrogens (tertiary/aromatic N) is 3. The van der Waals surface area contributed by atoms with Gasteiger partial charge in [-0.05, 0) is 35.7 Å². The molecule has 0 saturated carbocycles. The number of thiazole rings is 1. The minimum absolute atomic E-state index is 0.188. The predicted octanol–water partition coefficient (Wildman–Crippen LogP) is 4.58. The summed E-state index contributed by atoms with van der Waals surface area (Å²) in [5.41, 5.74) is 3.63. The molecule has 6 nitrogen and oxygen atoms in total. The molecular formula is C23H26BrN3O3S2. The molecule has 170 valence electrons. The fourth-order valence-corrected chi connectivity index (χ4v) is 6.73. The van der Waals surface area contributed by atoms with E-state index in [1.807, 2.05) is 0 Å². The summed E-state index contributed by atoms with van der Waals surface area (Å²) in [6, 6.07) is 13.7. The van der Waals surface area contributed by atoms with Crippen LogP contribution in [-0.2, 0) is 22.9 Å². The molecule has 9 heteroatoms. The predicted molar refractivity (Wildman–Crippen MR) is 132 cm³/mol. The van der Waals surface area contributed by atoms with E-state index in [4.69, 9.17) is 9.72 Å². The number of hydrogen-bond acceptors (Lipinski definition) is 6. The van der Waals surface area contributed by atoms with Crippen molar-refractivity contribution in [1.29, 1.82) is 0 Å². The third kappa shape index (κ3) is 5.01. The van der Waals surface area contributed by atoms with Crippen molar-refractivity contribution < 1.29 is 13.2 Å². The summed E-state index contributed by atoms with van der Waals surface area (Å²) >= 11 is 4.98. The molecule has 1 fully saturated rings. The Morgan fingerprint density at radius 3 is 2.41 bits per heavy atom. The van der Waals surface area contributed by atoms with Crippen molar-refractivity contribution in [3.63, 3.8) is 0 Å². The Labute approximate surface area is 202 Å². The number of benzene rings is 2. The van der Waals surface area contributed by atoms with Crippen LogP contribution in [0.3, 0.4) is 0 Å². The molecule has 0 aliphatic carbocycles. The Balaban J connectivity index is 1.41. The van der Waals surface area contributed by atoms with Gasteiger partial charge in [-0.15, -0.1) is 11.3 Å². The normalized spacial score (nSPS) is 15.2. The molecule has 0 atom stereocenters. The van der Waals surface area contributed by atoms with Crippen molar-refractivity contribution in [2.75, 3.05) is 38.2 Å². The maximum Gasteiger partial charge on any atom is 0.246 e. The number of ether oxygens (including phenoxy) is 1. The molecule has 1 saturated heterocycles. The van der Waals surface area contributed by atoms with Crippen molar-refractivity contribution in [3.05, 3.63) is 69.1 Å². The van der Waals surface area contributed by atoms with Crippen LogP contribution in [-0.4, -0.2) is 51.0 Å². The van der Waals surface area contributed by atoms with Gasteiger partial charge in [0.05, 0.1) is 12.8 Å². The lowest BCUT2D eigenvalue weighted by Crippen LogP contribution is -2.48. The Bertz CT molecular complexity index is 1170. The van der Waals surface area contributed by atoms with Crippen LogP contribution in [0.5, 0.6) is 5.75 Å². The second-order valence-electron chi connectivity index (χ2n) is 7.65. The van der Waals surface area contributed by atoms with E-state index in [9.17, 15) is 8.42 Å². The average Bonchev–Trinajstić information content (AvgIpc) is 3.28. The highest BCUT2D eigenvalue weighted by Gasteiger charge is 2.31. The number of hydrogen-bond donors (Lipinski definition) is 0. The molecule has 0 radical (unpaired) electrons. The Kier molecular flexibility index (Phi) is 7.19. The van der Waals surface area contributed by atoms with E-state index >= 15 is 0 Å². The summed E-state index contributed by atoms with van der Waals surface area (Å²) in [7, 11) is -2.16. The van der Waals surface area contributed by atoms with Gasteiger partial charge in [-0.2, -0.15) is 4.31 Å². The molecule has 1 aromatic heterocycles. The standard InChI is InChI=1S/C23H26BrN3O3S2/c1-3-17-4-6-18(7-5-17)14-20-16-31-23(25-20)26-10-12-27(13-11-26)32(28,29)22-15-19(24)8-9-21(22)30-2/h4-9,15-16H,3,10-14H2,1-2H3. The zero-order chi connectivity index (χ0) is 22.7. The summed E-state index contributed by atoms with van der Waals surface area (Å²) < 4.78 is 33.9. The van der Waals surface area contributed by atoms with Gasteiger partial charge >= 0.3 is 0 Å². The monoisotopic (exact) mass is 535 g/mol. The highest BCUT2D eigenvalue weighted by atomic mass is 79.9. The number of aromatic nitrogens is 1. The van der Waals surface area contributed by atoms with Gasteiger partial charge in [0.2, 0.25) is 10.0 Å². The van der Waals surface area contributed by atoms with Gasteiger partial charge in [0.1, 0.15) is 10.6 Å². The molecular weight excluding hydrogens is 510 g/mol. The number of anilines is 1. The summed E-state index contributed by atoms with van der Waals surface area (Å²) in [5.74, 6) is 0.354. The summed E-state index contributed by atoms with van der Waals surface area (Å²) in [5, 5.41) is 3.04. The summed E-state index contributed by atoms with van der Waals surface area (Å²) in [4.78, 5) is 7.16. The number of halogens is 1. The fraction of sp³-hybridized carbons (Fsp3) is 0.348. The molecule has 4 rings (SSSR count). The number of piperazine rings is 1. The van der Waals surface area contributed by atoms with Gasteiger partial charge in [-0.3, -0.25) is 0 Å². The number of sulfonamides is 1. The van der Waals surface area contributed by atoms with Crippen LogP contribution < -0.4 is 9.64 Å². The average molecular weight is 537 g/mol. The molecule has 0 unspecified atom stereocenters. The van der Waals surface area contributed by atoms with Gasteiger partial charge in [-0.1, -0.05) is 47.1 Å².